The van der Waals surface area contributed by atoms with Gasteiger partial charge in [0.05, 0.1) is 0 Å². The van der Waals surface area contributed by atoms with Crippen molar-refractivity contribution < 1.29 is 4.79 Å². The van der Waals surface area contributed by atoms with Crippen LogP contribution >= 0.6 is 0 Å². The standard InChI is InChI=1S/C8H15NO/c1-2-8(10)6-4-3-5-7(6)9/h6-7H,2-5,9H2,1H3/t6?,7-/m0/s1. The second kappa shape index (κ2) is 3.15. The van der Waals surface area contributed by atoms with Crippen LogP contribution in [0.4, 0.5) is 0 Å². The Bertz CT molecular complexity index is 133. The molecule has 2 nitrogen and oxygen atoms in total. The van der Waals surface area contributed by atoms with Crippen molar-refractivity contribution in [3.63, 3.8) is 0 Å². The molecular formula is C8H15NO. The summed E-state index contributed by atoms with van der Waals surface area (Å²) in [5.74, 6) is 0.537. The number of carbonyl (C=O) groups is 1. The summed E-state index contributed by atoms with van der Waals surface area (Å²) in [7, 11) is 0. The number of hydrogen-bond acceptors (Lipinski definition) is 2. The highest BCUT2D eigenvalue weighted by molar-refractivity contribution is 5.81. The molecule has 0 heterocycles. The third kappa shape index (κ3) is 1.37. The first-order valence-corrected chi connectivity index (χ1v) is 4.04. The monoisotopic (exact) mass is 141 g/mol. The van der Waals surface area contributed by atoms with Gasteiger partial charge in [0.25, 0.3) is 0 Å². The quantitative estimate of drug-likeness (QED) is 0.625. The lowest BCUT2D eigenvalue weighted by atomic mass is 9.97. The minimum absolute atomic E-state index is 0.160. The second-order valence-electron chi connectivity index (χ2n) is 3.02. The zero-order valence-corrected chi connectivity index (χ0v) is 6.47. The predicted octanol–water partition coefficient (Wildman–Crippen LogP) is 1.09. The fraction of sp³-hybridized carbons (Fsp3) is 0.875. The lowest BCUT2D eigenvalue weighted by Gasteiger charge is -2.11. The lowest BCUT2D eigenvalue weighted by molar-refractivity contribution is -0.122. The van der Waals surface area contributed by atoms with E-state index in [-0.39, 0.29) is 12.0 Å². The van der Waals surface area contributed by atoms with Gasteiger partial charge in [-0.2, -0.15) is 0 Å². The van der Waals surface area contributed by atoms with Gasteiger partial charge >= 0.3 is 0 Å². The van der Waals surface area contributed by atoms with Gasteiger partial charge in [-0.05, 0) is 12.8 Å². The van der Waals surface area contributed by atoms with Gasteiger partial charge in [0.1, 0.15) is 5.78 Å². The third-order valence-corrected chi connectivity index (χ3v) is 2.33. The summed E-state index contributed by atoms with van der Waals surface area (Å²) in [6.45, 7) is 1.91. The SMILES string of the molecule is CCC(=O)C1CCC[C@@H]1N. The summed E-state index contributed by atoms with van der Waals surface area (Å²) >= 11 is 0. The summed E-state index contributed by atoms with van der Waals surface area (Å²) in [5, 5.41) is 0. The van der Waals surface area contributed by atoms with Crippen molar-refractivity contribution >= 4 is 5.78 Å². The largest absolute Gasteiger partial charge is 0.327 e. The molecule has 58 valence electrons. The zero-order valence-electron chi connectivity index (χ0n) is 6.47. The van der Waals surface area contributed by atoms with Gasteiger partial charge in [-0.15, -0.1) is 0 Å². The second-order valence-corrected chi connectivity index (χ2v) is 3.02. The molecule has 1 unspecified atom stereocenters. The maximum Gasteiger partial charge on any atom is 0.137 e. The zero-order chi connectivity index (χ0) is 7.56. The van der Waals surface area contributed by atoms with Gasteiger partial charge in [-0.1, -0.05) is 13.3 Å². The normalized spacial score (nSPS) is 32.6. The van der Waals surface area contributed by atoms with E-state index in [1.54, 1.807) is 0 Å². The molecule has 0 radical (unpaired) electrons. The summed E-state index contributed by atoms with van der Waals surface area (Å²) < 4.78 is 0. The highest BCUT2D eigenvalue weighted by atomic mass is 16.1. The van der Waals surface area contributed by atoms with Gasteiger partial charge in [0.15, 0.2) is 0 Å². The number of carbonyl (C=O) groups excluding carboxylic acids is 1. The lowest BCUT2D eigenvalue weighted by Crippen LogP contribution is -2.30. The molecule has 0 aromatic rings. The minimum atomic E-state index is 0.160. The molecule has 1 saturated carbocycles. The average Bonchev–Trinajstić information content (AvgIpc) is 2.34. The van der Waals surface area contributed by atoms with E-state index in [2.05, 4.69) is 0 Å². The Morgan fingerprint density at radius 1 is 1.60 bits per heavy atom. The fourth-order valence-electron chi connectivity index (χ4n) is 1.65. The Balaban J connectivity index is 2.46. The molecule has 0 saturated heterocycles. The van der Waals surface area contributed by atoms with Crippen LogP contribution in [-0.4, -0.2) is 11.8 Å². The molecular weight excluding hydrogens is 126 g/mol. The Morgan fingerprint density at radius 3 is 2.70 bits per heavy atom. The van der Waals surface area contributed by atoms with E-state index in [9.17, 15) is 4.79 Å². The predicted molar refractivity (Wildman–Crippen MR) is 40.6 cm³/mol. The number of hydrogen-bond donors (Lipinski definition) is 1. The third-order valence-electron chi connectivity index (χ3n) is 2.33. The van der Waals surface area contributed by atoms with Crippen LogP contribution in [0, 0.1) is 5.92 Å². The van der Waals surface area contributed by atoms with Crippen LogP contribution in [0.15, 0.2) is 0 Å². The fourth-order valence-corrected chi connectivity index (χ4v) is 1.65. The molecule has 2 N–H and O–H groups in total. The van der Waals surface area contributed by atoms with Crippen LogP contribution < -0.4 is 5.73 Å². The maximum absolute atomic E-state index is 11.1. The molecule has 10 heavy (non-hydrogen) atoms. The highest BCUT2D eigenvalue weighted by Crippen LogP contribution is 2.25. The number of Topliss-reactive ketones (excluding diaryl/α,β-unsaturated/α-hetero) is 1. The van der Waals surface area contributed by atoms with Crippen molar-refractivity contribution in [2.45, 2.75) is 38.6 Å². The van der Waals surface area contributed by atoms with Crippen molar-refractivity contribution in [3.8, 4) is 0 Å². The molecule has 2 atom stereocenters. The molecule has 1 fully saturated rings. The van der Waals surface area contributed by atoms with Crippen LogP contribution in [0.2, 0.25) is 0 Å². The summed E-state index contributed by atoms with van der Waals surface area (Å²) in [5.41, 5.74) is 5.73. The Hall–Kier alpha value is -0.370. The van der Waals surface area contributed by atoms with Crippen molar-refractivity contribution in [3.05, 3.63) is 0 Å². The van der Waals surface area contributed by atoms with Crippen molar-refractivity contribution in [2.24, 2.45) is 11.7 Å². The van der Waals surface area contributed by atoms with E-state index in [0.29, 0.717) is 12.2 Å². The van der Waals surface area contributed by atoms with E-state index in [1.165, 1.54) is 0 Å². The molecule has 0 aromatic carbocycles. The molecule has 2 heteroatoms. The van der Waals surface area contributed by atoms with Crippen LogP contribution in [-0.2, 0) is 4.79 Å². The van der Waals surface area contributed by atoms with Gasteiger partial charge < -0.3 is 5.73 Å². The summed E-state index contributed by atoms with van der Waals surface area (Å²) in [4.78, 5) is 11.1. The first kappa shape index (κ1) is 7.73. The minimum Gasteiger partial charge on any atom is -0.327 e. The van der Waals surface area contributed by atoms with Crippen molar-refractivity contribution in [1.29, 1.82) is 0 Å². The van der Waals surface area contributed by atoms with Crippen molar-refractivity contribution in [2.75, 3.05) is 0 Å². The van der Waals surface area contributed by atoms with Crippen LogP contribution in [0.3, 0.4) is 0 Å². The number of rotatable bonds is 2. The molecule has 0 amide bonds. The van der Waals surface area contributed by atoms with E-state index >= 15 is 0 Å². The number of ketones is 1. The smallest absolute Gasteiger partial charge is 0.137 e. The molecule has 1 aliphatic carbocycles. The molecule has 0 aliphatic heterocycles. The van der Waals surface area contributed by atoms with E-state index < -0.39 is 0 Å². The molecule has 1 aliphatic rings. The summed E-state index contributed by atoms with van der Waals surface area (Å²) in [6.07, 6.45) is 3.85. The molecule has 1 rings (SSSR count). The molecule has 0 aromatic heterocycles. The van der Waals surface area contributed by atoms with Gasteiger partial charge in [-0.3, -0.25) is 4.79 Å². The Morgan fingerprint density at radius 2 is 2.30 bits per heavy atom. The van der Waals surface area contributed by atoms with E-state index in [4.69, 9.17) is 5.73 Å². The van der Waals surface area contributed by atoms with Gasteiger partial charge in [-0.25, -0.2) is 0 Å². The van der Waals surface area contributed by atoms with Crippen LogP contribution in [0.25, 0.3) is 0 Å². The van der Waals surface area contributed by atoms with Gasteiger partial charge in [0, 0.05) is 18.4 Å². The maximum atomic E-state index is 11.1. The first-order valence-electron chi connectivity index (χ1n) is 4.04. The molecule has 0 bridgehead atoms. The Kier molecular flexibility index (Phi) is 2.44. The summed E-state index contributed by atoms with van der Waals surface area (Å²) in [6, 6.07) is 0.160. The Labute approximate surface area is 61.8 Å². The van der Waals surface area contributed by atoms with E-state index in [1.807, 2.05) is 6.92 Å². The van der Waals surface area contributed by atoms with Crippen LogP contribution in [0.1, 0.15) is 32.6 Å². The number of nitrogens with two attached hydrogens (primary N) is 1. The molecule has 0 spiro atoms. The van der Waals surface area contributed by atoms with Crippen molar-refractivity contribution in [1.82, 2.24) is 0 Å². The topological polar surface area (TPSA) is 43.1 Å². The highest BCUT2D eigenvalue weighted by Gasteiger charge is 2.28. The van der Waals surface area contributed by atoms with E-state index in [0.717, 1.165) is 19.3 Å². The van der Waals surface area contributed by atoms with Crippen LogP contribution in [0.5, 0.6) is 0 Å². The first-order chi connectivity index (χ1) is 4.75. The average molecular weight is 141 g/mol. The van der Waals surface area contributed by atoms with Gasteiger partial charge in [0.2, 0.25) is 0 Å².